The van der Waals surface area contributed by atoms with E-state index in [0.29, 0.717) is 23.9 Å². The maximum Gasteiger partial charge on any atom is 0.321 e. The molecule has 174 valence electrons. The number of hydrogen-bond donors (Lipinski definition) is 2. The summed E-state index contributed by atoms with van der Waals surface area (Å²) in [6, 6.07) is 15.0. The van der Waals surface area contributed by atoms with E-state index in [2.05, 4.69) is 26.9 Å². The molecule has 2 aliphatic heterocycles. The van der Waals surface area contributed by atoms with Crippen molar-refractivity contribution >= 4 is 35.3 Å². The highest BCUT2D eigenvalue weighted by atomic mass is 32.2. The highest BCUT2D eigenvalue weighted by Gasteiger charge is 2.28. The first-order valence-corrected chi connectivity index (χ1v) is 12.1. The number of aromatic nitrogens is 3. The SMILES string of the molecule is Cc1cccc(-n2c(CC3CC(=O)NC(=O)N3)nnc2SCC(=O)N2CCc3ccccc32)c1. The van der Waals surface area contributed by atoms with Crippen molar-refractivity contribution in [2.75, 3.05) is 17.2 Å². The van der Waals surface area contributed by atoms with Crippen LogP contribution in [0, 0.1) is 6.92 Å². The molecule has 1 aromatic heterocycles. The van der Waals surface area contributed by atoms with Crippen LogP contribution < -0.4 is 15.5 Å². The number of amides is 4. The van der Waals surface area contributed by atoms with Crippen molar-refractivity contribution in [2.24, 2.45) is 0 Å². The molecule has 1 atom stereocenters. The summed E-state index contributed by atoms with van der Waals surface area (Å²) < 4.78 is 1.90. The molecule has 4 amide bonds. The largest absolute Gasteiger partial charge is 0.334 e. The predicted octanol–water partition coefficient (Wildman–Crippen LogP) is 2.40. The monoisotopic (exact) mass is 476 g/mol. The maximum absolute atomic E-state index is 13.0. The molecular formula is C24H24N6O3S. The number of thioether (sulfide) groups is 1. The van der Waals surface area contributed by atoms with Crippen molar-refractivity contribution in [2.45, 2.75) is 37.4 Å². The molecule has 10 heteroatoms. The van der Waals surface area contributed by atoms with Crippen LogP contribution in [0.1, 0.15) is 23.4 Å². The van der Waals surface area contributed by atoms with Crippen molar-refractivity contribution in [1.82, 2.24) is 25.4 Å². The van der Waals surface area contributed by atoms with Gasteiger partial charge in [0.15, 0.2) is 5.16 Å². The number of hydrogen-bond acceptors (Lipinski definition) is 6. The van der Waals surface area contributed by atoms with Crippen LogP contribution >= 0.6 is 11.8 Å². The Morgan fingerprint density at radius 2 is 2.00 bits per heavy atom. The number of rotatable bonds is 6. The average molecular weight is 477 g/mol. The molecule has 3 aromatic rings. The topological polar surface area (TPSA) is 109 Å². The molecule has 0 saturated carbocycles. The van der Waals surface area contributed by atoms with E-state index in [1.54, 1.807) is 0 Å². The lowest BCUT2D eigenvalue weighted by molar-refractivity contribution is -0.121. The van der Waals surface area contributed by atoms with Crippen LogP contribution in [0.3, 0.4) is 0 Å². The second kappa shape index (κ2) is 9.30. The summed E-state index contributed by atoms with van der Waals surface area (Å²) in [5.74, 6) is 0.543. The molecule has 2 aromatic carbocycles. The van der Waals surface area contributed by atoms with Crippen molar-refractivity contribution in [3.05, 3.63) is 65.5 Å². The van der Waals surface area contributed by atoms with Gasteiger partial charge in [-0.25, -0.2) is 4.79 Å². The van der Waals surface area contributed by atoms with Gasteiger partial charge in [-0.1, -0.05) is 42.1 Å². The molecule has 0 bridgehead atoms. The van der Waals surface area contributed by atoms with E-state index in [1.165, 1.54) is 17.3 Å². The fraction of sp³-hybridized carbons (Fsp3) is 0.292. The number of anilines is 1. The van der Waals surface area contributed by atoms with Gasteiger partial charge in [-0.3, -0.25) is 19.5 Å². The van der Waals surface area contributed by atoms with E-state index in [-0.39, 0.29) is 30.0 Å². The summed E-state index contributed by atoms with van der Waals surface area (Å²) in [5.41, 5.74) is 4.10. The zero-order chi connectivity index (χ0) is 23.7. The van der Waals surface area contributed by atoms with Gasteiger partial charge in [-0.15, -0.1) is 10.2 Å². The fourth-order valence-electron chi connectivity index (χ4n) is 4.37. The lowest BCUT2D eigenvalue weighted by Crippen LogP contribution is -2.53. The first kappa shape index (κ1) is 22.1. The van der Waals surface area contributed by atoms with E-state index in [0.717, 1.165) is 23.4 Å². The van der Waals surface area contributed by atoms with E-state index in [9.17, 15) is 14.4 Å². The number of nitrogens with zero attached hydrogens (tertiary/aromatic N) is 4. The fourth-order valence-corrected chi connectivity index (χ4v) is 5.22. The molecule has 0 radical (unpaired) electrons. The number of imide groups is 1. The van der Waals surface area contributed by atoms with Gasteiger partial charge in [0.05, 0.1) is 5.75 Å². The van der Waals surface area contributed by atoms with Gasteiger partial charge < -0.3 is 10.2 Å². The number of fused-ring (bicyclic) bond motifs is 1. The third-order valence-corrected chi connectivity index (χ3v) is 6.84. The van der Waals surface area contributed by atoms with E-state index in [4.69, 9.17) is 0 Å². The third-order valence-electron chi connectivity index (χ3n) is 5.92. The number of carbonyl (C=O) groups is 3. The van der Waals surface area contributed by atoms with Gasteiger partial charge in [0.2, 0.25) is 11.8 Å². The number of nitrogens with one attached hydrogen (secondary N) is 2. The number of urea groups is 1. The third kappa shape index (κ3) is 4.54. The smallest absolute Gasteiger partial charge is 0.321 e. The zero-order valence-electron chi connectivity index (χ0n) is 18.7. The summed E-state index contributed by atoms with van der Waals surface area (Å²) in [6.45, 7) is 2.68. The second-order valence-corrected chi connectivity index (χ2v) is 9.36. The van der Waals surface area contributed by atoms with Crippen LogP contribution in [-0.4, -0.2) is 50.9 Å². The second-order valence-electron chi connectivity index (χ2n) is 8.41. The van der Waals surface area contributed by atoms with Gasteiger partial charge in [0.1, 0.15) is 5.82 Å². The Kier molecular flexibility index (Phi) is 6.06. The highest BCUT2D eigenvalue weighted by Crippen LogP contribution is 2.29. The molecule has 1 fully saturated rings. The molecule has 2 aliphatic rings. The Morgan fingerprint density at radius 1 is 1.15 bits per heavy atom. The Balaban J connectivity index is 1.38. The molecule has 1 saturated heterocycles. The lowest BCUT2D eigenvalue weighted by atomic mass is 10.1. The number of aryl methyl sites for hydroxylation is 1. The zero-order valence-corrected chi connectivity index (χ0v) is 19.5. The first-order valence-electron chi connectivity index (χ1n) is 11.1. The molecular weight excluding hydrogens is 452 g/mol. The average Bonchev–Trinajstić information content (AvgIpc) is 3.41. The normalized spacial score (nSPS) is 17.3. The van der Waals surface area contributed by atoms with Crippen LogP contribution in [0.4, 0.5) is 10.5 Å². The number of carbonyl (C=O) groups excluding carboxylic acids is 3. The van der Waals surface area contributed by atoms with Crippen molar-refractivity contribution in [3.8, 4) is 5.69 Å². The van der Waals surface area contributed by atoms with E-state index >= 15 is 0 Å². The van der Waals surface area contributed by atoms with Gasteiger partial charge >= 0.3 is 6.03 Å². The minimum atomic E-state index is -0.506. The summed E-state index contributed by atoms with van der Waals surface area (Å²) in [6.07, 6.45) is 1.37. The number of para-hydroxylation sites is 1. The van der Waals surface area contributed by atoms with Crippen molar-refractivity contribution < 1.29 is 14.4 Å². The maximum atomic E-state index is 13.0. The van der Waals surface area contributed by atoms with Crippen molar-refractivity contribution in [1.29, 1.82) is 0 Å². The summed E-state index contributed by atoms with van der Waals surface area (Å²) in [4.78, 5) is 38.4. The Hall–Kier alpha value is -3.66. The van der Waals surface area contributed by atoms with Gasteiger partial charge in [0, 0.05) is 36.8 Å². The highest BCUT2D eigenvalue weighted by molar-refractivity contribution is 7.99. The van der Waals surface area contributed by atoms with Crippen LogP contribution in [0.25, 0.3) is 5.69 Å². The molecule has 0 spiro atoms. The van der Waals surface area contributed by atoms with Crippen LogP contribution in [0.15, 0.2) is 53.7 Å². The van der Waals surface area contributed by atoms with E-state index in [1.807, 2.05) is 58.9 Å². The minimum Gasteiger partial charge on any atom is -0.334 e. The Morgan fingerprint density at radius 3 is 2.82 bits per heavy atom. The molecule has 3 heterocycles. The molecule has 34 heavy (non-hydrogen) atoms. The molecule has 1 unspecified atom stereocenters. The van der Waals surface area contributed by atoms with Crippen LogP contribution in [0.5, 0.6) is 0 Å². The Bertz CT molecular complexity index is 1260. The van der Waals surface area contributed by atoms with Gasteiger partial charge in [-0.05, 0) is 42.7 Å². The van der Waals surface area contributed by atoms with Crippen molar-refractivity contribution in [3.63, 3.8) is 0 Å². The summed E-state index contributed by atoms with van der Waals surface area (Å²) in [7, 11) is 0. The van der Waals surface area contributed by atoms with Gasteiger partial charge in [-0.2, -0.15) is 0 Å². The van der Waals surface area contributed by atoms with Gasteiger partial charge in [0.25, 0.3) is 0 Å². The Labute approximate surface area is 200 Å². The minimum absolute atomic E-state index is 0.0199. The first-order chi connectivity index (χ1) is 16.5. The predicted molar refractivity (Wildman–Crippen MR) is 128 cm³/mol. The quantitative estimate of drug-likeness (QED) is 0.529. The van der Waals surface area contributed by atoms with Crippen LogP contribution in [-0.2, 0) is 22.4 Å². The standard InChI is InChI=1S/C24H24N6O3S/c1-15-5-4-7-18(11-15)30-20(12-17-13-21(31)26-23(33)25-17)27-28-24(30)34-14-22(32)29-10-9-16-6-2-3-8-19(16)29/h2-8,11,17H,9-10,12-14H2,1H3,(H2,25,26,31,33). The molecule has 0 aliphatic carbocycles. The van der Waals surface area contributed by atoms with Crippen LogP contribution in [0.2, 0.25) is 0 Å². The molecule has 2 N–H and O–H groups in total. The lowest BCUT2D eigenvalue weighted by Gasteiger charge is -2.23. The molecule has 9 nitrogen and oxygen atoms in total. The number of benzene rings is 2. The summed E-state index contributed by atoms with van der Waals surface area (Å²) >= 11 is 1.33. The molecule has 5 rings (SSSR count). The van der Waals surface area contributed by atoms with E-state index < -0.39 is 6.03 Å². The summed E-state index contributed by atoms with van der Waals surface area (Å²) in [5, 5.41) is 14.3.